The molecule has 0 N–H and O–H groups in total. The molecular formula is C19H25N7O. The van der Waals surface area contributed by atoms with Gasteiger partial charge in [-0.25, -0.2) is 4.98 Å². The van der Waals surface area contributed by atoms with E-state index in [1.165, 1.54) is 18.7 Å². The zero-order chi connectivity index (χ0) is 18.2. The van der Waals surface area contributed by atoms with Crippen molar-refractivity contribution in [3.05, 3.63) is 47.9 Å². The molecule has 0 radical (unpaired) electrons. The second kappa shape index (κ2) is 6.92. The first-order valence-electron chi connectivity index (χ1n) is 9.80. The van der Waals surface area contributed by atoms with Gasteiger partial charge in [-0.3, -0.25) is 4.90 Å². The van der Waals surface area contributed by atoms with E-state index in [1.54, 1.807) is 0 Å². The van der Waals surface area contributed by atoms with Gasteiger partial charge >= 0.3 is 0 Å². The number of imidazole rings is 1. The van der Waals surface area contributed by atoms with Gasteiger partial charge in [0.1, 0.15) is 5.82 Å². The average Bonchev–Trinajstić information content (AvgIpc) is 3.05. The van der Waals surface area contributed by atoms with E-state index in [0.29, 0.717) is 12.0 Å². The number of aryl methyl sites for hydroxylation is 1. The van der Waals surface area contributed by atoms with Gasteiger partial charge in [-0.1, -0.05) is 5.16 Å². The molecule has 4 heterocycles. The maximum absolute atomic E-state index is 5.37. The van der Waals surface area contributed by atoms with Gasteiger partial charge in [-0.15, -0.1) is 10.2 Å². The Balaban J connectivity index is 1.27. The predicted molar refractivity (Wildman–Crippen MR) is 98.1 cm³/mol. The molecule has 5 rings (SSSR count). The number of likely N-dealkylation sites (tertiary alicyclic amines) is 1. The van der Waals surface area contributed by atoms with Crippen LogP contribution in [-0.2, 0) is 13.1 Å². The van der Waals surface area contributed by atoms with E-state index >= 15 is 0 Å². The van der Waals surface area contributed by atoms with E-state index in [4.69, 9.17) is 4.52 Å². The highest BCUT2D eigenvalue weighted by Gasteiger charge is 2.33. The molecule has 1 aliphatic carbocycles. The van der Waals surface area contributed by atoms with Gasteiger partial charge in [-0.05, 0) is 45.7 Å². The van der Waals surface area contributed by atoms with Crippen LogP contribution in [0.4, 0.5) is 0 Å². The van der Waals surface area contributed by atoms with Crippen molar-refractivity contribution in [3.8, 4) is 0 Å². The molecule has 8 heteroatoms. The standard InChI is InChI=1S/C19H25N7O/c1-14-10-17(27-23-14)11-24-7-4-15(5-8-24)19-22-21-18(26(19)16-2-3-16)12-25-9-6-20-13-25/h6,9-10,13,15-16H,2-5,7-8,11-12H2,1H3. The number of hydrogen-bond acceptors (Lipinski definition) is 6. The van der Waals surface area contributed by atoms with Crippen LogP contribution in [0.3, 0.4) is 0 Å². The van der Waals surface area contributed by atoms with Gasteiger partial charge in [0.05, 0.1) is 25.1 Å². The highest BCUT2D eigenvalue weighted by molar-refractivity contribution is 5.10. The lowest BCUT2D eigenvalue weighted by molar-refractivity contribution is 0.180. The van der Waals surface area contributed by atoms with Crippen LogP contribution < -0.4 is 0 Å². The van der Waals surface area contributed by atoms with Crippen LogP contribution in [0.15, 0.2) is 29.3 Å². The highest BCUT2D eigenvalue weighted by Crippen LogP contribution is 2.40. The summed E-state index contributed by atoms with van der Waals surface area (Å²) in [6, 6.07) is 2.61. The molecule has 3 aromatic rings. The van der Waals surface area contributed by atoms with Crippen LogP contribution in [0.2, 0.25) is 0 Å². The molecule has 1 saturated carbocycles. The topological polar surface area (TPSA) is 77.8 Å². The number of piperidine rings is 1. The molecule has 2 fully saturated rings. The van der Waals surface area contributed by atoms with Crippen LogP contribution in [0, 0.1) is 6.92 Å². The molecule has 2 aliphatic rings. The van der Waals surface area contributed by atoms with Crippen molar-refractivity contribution in [1.82, 2.24) is 34.4 Å². The maximum atomic E-state index is 5.37. The maximum Gasteiger partial charge on any atom is 0.153 e. The zero-order valence-electron chi connectivity index (χ0n) is 15.7. The van der Waals surface area contributed by atoms with Crippen molar-refractivity contribution >= 4 is 0 Å². The Bertz CT molecular complexity index is 885. The van der Waals surface area contributed by atoms with Gasteiger partial charge in [0.2, 0.25) is 0 Å². The van der Waals surface area contributed by atoms with Crippen LogP contribution in [0.25, 0.3) is 0 Å². The summed E-state index contributed by atoms with van der Waals surface area (Å²) in [7, 11) is 0. The minimum Gasteiger partial charge on any atom is -0.360 e. The molecule has 0 bridgehead atoms. The number of rotatable bonds is 6. The van der Waals surface area contributed by atoms with Crippen LogP contribution in [0.5, 0.6) is 0 Å². The van der Waals surface area contributed by atoms with Crippen molar-refractivity contribution in [1.29, 1.82) is 0 Å². The number of aromatic nitrogens is 6. The number of hydrogen-bond donors (Lipinski definition) is 0. The summed E-state index contributed by atoms with van der Waals surface area (Å²) in [6.07, 6.45) is 10.3. The molecule has 0 spiro atoms. The smallest absolute Gasteiger partial charge is 0.153 e. The van der Waals surface area contributed by atoms with E-state index in [0.717, 1.165) is 56.3 Å². The van der Waals surface area contributed by atoms with Crippen molar-refractivity contribution in [2.75, 3.05) is 13.1 Å². The average molecular weight is 367 g/mol. The largest absolute Gasteiger partial charge is 0.360 e. The van der Waals surface area contributed by atoms with Gasteiger partial charge in [0, 0.05) is 30.4 Å². The first kappa shape index (κ1) is 16.7. The van der Waals surface area contributed by atoms with E-state index < -0.39 is 0 Å². The summed E-state index contributed by atoms with van der Waals surface area (Å²) in [5.41, 5.74) is 0.947. The lowest BCUT2D eigenvalue weighted by Crippen LogP contribution is -2.33. The molecule has 8 nitrogen and oxygen atoms in total. The second-order valence-corrected chi connectivity index (χ2v) is 7.80. The normalized spacial score (nSPS) is 19.0. The summed E-state index contributed by atoms with van der Waals surface area (Å²) in [6.45, 7) is 5.66. The third kappa shape index (κ3) is 3.53. The first-order valence-corrected chi connectivity index (χ1v) is 9.80. The van der Waals surface area contributed by atoms with Crippen molar-refractivity contribution in [3.63, 3.8) is 0 Å². The summed E-state index contributed by atoms with van der Waals surface area (Å²) < 4.78 is 9.85. The van der Waals surface area contributed by atoms with Gasteiger partial charge < -0.3 is 13.7 Å². The third-order valence-electron chi connectivity index (χ3n) is 5.60. The Labute approximate surface area is 158 Å². The molecule has 27 heavy (non-hydrogen) atoms. The molecule has 0 atom stereocenters. The molecule has 0 amide bonds. The Morgan fingerprint density at radius 3 is 2.63 bits per heavy atom. The minimum atomic E-state index is 0.488. The summed E-state index contributed by atoms with van der Waals surface area (Å²) in [5.74, 6) is 3.69. The summed E-state index contributed by atoms with van der Waals surface area (Å²) >= 11 is 0. The molecule has 1 saturated heterocycles. The predicted octanol–water partition coefficient (Wildman–Crippen LogP) is 2.53. The lowest BCUT2D eigenvalue weighted by atomic mass is 9.95. The van der Waals surface area contributed by atoms with Crippen molar-refractivity contribution < 1.29 is 4.52 Å². The molecule has 0 aromatic carbocycles. The quantitative estimate of drug-likeness (QED) is 0.666. The van der Waals surface area contributed by atoms with Crippen LogP contribution >= 0.6 is 0 Å². The summed E-state index contributed by atoms with van der Waals surface area (Å²) in [5, 5.41) is 13.2. The van der Waals surface area contributed by atoms with Gasteiger partial charge in [0.15, 0.2) is 11.6 Å². The third-order valence-corrected chi connectivity index (χ3v) is 5.60. The molecule has 3 aromatic heterocycles. The zero-order valence-corrected chi connectivity index (χ0v) is 15.7. The van der Waals surface area contributed by atoms with E-state index in [2.05, 4.69) is 34.4 Å². The monoisotopic (exact) mass is 367 g/mol. The van der Waals surface area contributed by atoms with Crippen LogP contribution in [0.1, 0.15) is 60.7 Å². The summed E-state index contributed by atoms with van der Waals surface area (Å²) in [4.78, 5) is 6.58. The fraction of sp³-hybridized carbons (Fsp3) is 0.579. The van der Waals surface area contributed by atoms with E-state index in [1.807, 2.05) is 31.7 Å². The fourth-order valence-corrected chi connectivity index (χ4v) is 4.06. The van der Waals surface area contributed by atoms with E-state index in [-0.39, 0.29) is 0 Å². The first-order chi connectivity index (χ1) is 13.3. The second-order valence-electron chi connectivity index (χ2n) is 7.80. The molecule has 0 unspecified atom stereocenters. The van der Waals surface area contributed by atoms with Gasteiger partial charge in [0.25, 0.3) is 0 Å². The lowest BCUT2D eigenvalue weighted by Gasteiger charge is -2.31. The van der Waals surface area contributed by atoms with Gasteiger partial charge in [-0.2, -0.15) is 0 Å². The van der Waals surface area contributed by atoms with Crippen LogP contribution in [-0.4, -0.2) is 47.5 Å². The SMILES string of the molecule is Cc1cc(CN2CCC(c3nnc(Cn4ccnc4)n3C3CC3)CC2)on1. The number of nitrogens with zero attached hydrogens (tertiary/aromatic N) is 7. The Hall–Kier alpha value is -2.48. The van der Waals surface area contributed by atoms with Crippen molar-refractivity contribution in [2.24, 2.45) is 0 Å². The highest BCUT2D eigenvalue weighted by atomic mass is 16.5. The molecular weight excluding hydrogens is 342 g/mol. The fourth-order valence-electron chi connectivity index (χ4n) is 4.06. The molecule has 1 aliphatic heterocycles. The Morgan fingerprint density at radius 2 is 1.96 bits per heavy atom. The minimum absolute atomic E-state index is 0.488. The Morgan fingerprint density at radius 1 is 1.11 bits per heavy atom. The van der Waals surface area contributed by atoms with E-state index in [9.17, 15) is 0 Å². The Kier molecular flexibility index (Phi) is 4.27. The molecule has 142 valence electrons. The van der Waals surface area contributed by atoms with Crippen molar-refractivity contribution in [2.45, 2.75) is 57.7 Å².